The predicted octanol–water partition coefficient (Wildman–Crippen LogP) is 1.90. The molecule has 15 heavy (non-hydrogen) atoms. The number of anilines is 1. The van der Waals surface area contributed by atoms with Crippen LogP contribution in [-0.4, -0.2) is 23.5 Å². The minimum Gasteiger partial charge on any atom is -0.384 e. The van der Waals surface area contributed by atoms with Crippen molar-refractivity contribution < 1.29 is 0 Å². The fourth-order valence-electron chi connectivity index (χ4n) is 2.09. The fourth-order valence-corrected chi connectivity index (χ4v) is 2.09. The third-order valence-electron chi connectivity index (χ3n) is 3.09. The molecule has 0 aromatic carbocycles. The Balaban J connectivity index is 1.84. The van der Waals surface area contributed by atoms with Gasteiger partial charge in [0.15, 0.2) is 0 Å². The lowest BCUT2D eigenvalue weighted by Gasteiger charge is -2.30. The Bertz CT molecular complexity index is 320. The number of hydrogen-bond acceptors (Lipinski definition) is 3. The summed E-state index contributed by atoms with van der Waals surface area (Å²) < 4.78 is 0. The van der Waals surface area contributed by atoms with Crippen molar-refractivity contribution >= 4 is 5.82 Å². The number of nitrogen functional groups attached to an aromatic ring is 1. The third-order valence-corrected chi connectivity index (χ3v) is 3.09. The number of nitrogens with zero attached hydrogens (tertiary/aromatic N) is 2. The number of nitrogens with two attached hydrogens (primary N) is 1. The van der Waals surface area contributed by atoms with Crippen molar-refractivity contribution in [3.05, 3.63) is 23.9 Å². The Kier molecular flexibility index (Phi) is 3.21. The molecular formula is C12H19N3. The molecule has 1 saturated carbocycles. The standard InChI is InChI=1S/C12H19N3/c1-15(8-10-3-2-4-10)9-11-5-6-14-12(13)7-11/h5-7,10H,2-4,8-9H2,1H3,(H2,13,14). The number of rotatable bonds is 4. The molecule has 0 unspecified atom stereocenters. The molecule has 1 aliphatic carbocycles. The van der Waals surface area contributed by atoms with Gasteiger partial charge in [0, 0.05) is 19.3 Å². The fraction of sp³-hybridized carbons (Fsp3) is 0.583. The van der Waals surface area contributed by atoms with Crippen molar-refractivity contribution in [2.45, 2.75) is 25.8 Å². The van der Waals surface area contributed by atoms with E-state index in [4.69, 9.17) is 5.73 Å². The van der Waals surface area contributed by atoms with Gasteiger partial charge in [-0.3, -0.25) is 0 Å². The average Bonchev–Trinajstić information content (AvgIpc) is 2.11. The summed E-state index contributed by atoms with van der Waals surface area (Å²) in [5.74, 6) is 1.54. The largest absolute Gasteiger partial charge is 0.384 e. The van der Waals surface area contributed by atoms with Crippen molar-refractivity contribution in [2.24, 2.45) is 5.92 Å². The van der Waals surface area contributed by atoms with Crippen LogP contribution in [0, 0.1) is 5.92 Å². The van der Waals surface area contributed by atoms with Crippen molar-refractivity contribution in [3.8, 4) is 0 Å². The minimum absolute atomic E-state index is 0.615. The third kappa shape index (κ3) is 2.93. The Morgan fingerprint density at radius 2 is 2.33 bits per heavy atom. The van der Waals surface area contributed by atoms with Crippen molar-refractivity contribution in [1.82, 2.24) is 9.88 Å². The molecule has 3 heteroatoms. The van der Waals surface area contributed by atoms with Gasteiger partial charge in [0.25, 0.3) is 0 Å². The predicted molar refractivity (Wildman–Crippen MR) is 62.3 cm³/mol. The quantitative estimate of drug-likeness (QED) is 0.816. The molecule has 1 heterocycles. The van der Waals surface area contributed by atoms with Crippen molar-refractivity contribution in [2.75, 3.05) is 19.3 Å². The zero-order chi connectivity index (χ0) is 10.7. The lowest BCUT2D eigenvalue weighted by atomic mass is 9.85. The van der Waals surface area contributed by atoms with E-state index < -0.39 is 0 Å². The molecule has 1 aromatic rings. The van der Waals surface area contributed by atoms with Gasteiger partial charge in [0.2, 0.25) is 0 Å². The Morgan fingerprint density at radius 3 is 2.93 bits per heavy atom. The van der Waals surface area contributed by atoms with Crippen molar-refractivity contribution in [1.29, 1.82) is 0 Å². The summed E-state index contributed by atoms with van der Waals surface area (Å²) in [6, 6.07) is 3.99. The Morgan fingerprint density at radius 1 is 1.53 bits per heavy atom. The average molecular weight is 205 g/mol. The van der Waals surface area contributed by atoms with Gasteiger partial charge >= 0.3 is 0 Å². The molecule has 0 aliphatic heterocycles. The molecule has 0 atom stereocenters. The van der Waals surface area contributed by atoms with Gasteiger partial charge in [-0.1, -0.05) is 6.42 Å². The van der Waals surface area contributed by atoms with Crippen LogP contribution in [0.5, 0.6) is 0 Å². The molecule has 0 saturated heterocycles. The van der Waals surface area contributed by atoms with Crippen LogP contribution in [0.3, 0.4) is 0 Å². The summed E-state index contributed by atoms with van der Waals surface area (Å²) >= 11 is 0. The van der Waals surface area contributed by atoms with E-state index in [0.29, 0.717) is 5.82 Å². The second-order valence-corrected chi connectivity index (χ2v) is 4.58. The van der Waals surface area contributed by atoms with Crippen LogP contribution >= 0.6 is 0 Å². The zero-order valence-corrected chi connectivity index (χ0v) is 9.32. The van der Waals surface area contributed by atoms with Crippen LogP contribution in [0.1, 0.15) is 24.8 Å². The van der Waals surface area contributed by atoms with Gasteiger partial charge in [0.1, 0.15) is 5.82 Å². The van der Waals surface area contributed by atoms with Crippen LogP contribution in [0.2, 0.25) is 0 Å². The van der Waals surface area contributed by atoms with Gasteiger partial charge in [-0.2, -0.15) is 0 Å². The van der Waals surface area contributed by atoms with E-state index in [1.165, 1.54) is 31.4 Å². The van der Waals surface area contributed by atoms with E-state index >= 15 is 0 Å². The van der Waals surface area contributed by atoms with Gasteiger partial charge < -0.3 is 10.6 Å². The monoisotopic (exact) mass is 205 g/mol. The number of pyridine rings is 1. The maximum Gasteiger partial charge on any atom is 0.123 e. The highest BCUT2D eigenvalue weighted by Gasteiger charge is 2.18. The van der Waals surface area contributed by atoms with Crippen LogP contribution in [0.25, 0.3) is 0 Å². The lowest BCUT2D eigenvalue weighted by molar-refractivity contribution is 0.200. The summed E-state index contributed by atoms with van der Waals surface area (Å²) in [4.78, 5) is 6.37. The summed E-state index contributed by atoms with van der Waals surface area (Å²) in [6.07, 6.45) is 6.01. The molecule has 0 spiro atoms. The number of hydrogen-bond donors (Lipinski definition) is 1. The van der Waals surface area contributed by atoms with Crippen LogP contribution in [-0.2, 0) is 6.54 Å². The molecule has 2 rings (SSSR count). The molecule has 0 amide bonds. The molecule has 2 N–H and O–H groups in total. The SMILES string of the molecule is CN(Cc1ccnc(N)c1)CC1CCC1. The molecular weight excluding hydrogens is 186 g/mol. The maximum absolute atomic E-state index is 5.64. The summed E-state index contributed by atoms with van der Waals surface area (Å²) in [6.45, 7) is 2.19. The second-order valence-electron chi connectivity index (χ2n) is 4.58. The highest BCUT2D eigenvalue weighted by molar-refractivity contribution is 5.31. The first kappa shape index (κ1) is 10.4. The molecule has 1 aliphatic rings. The first-order valence-corrected chi connectivity index (χ1v) is 5.63. The highest BCUT2D eigenvalue weighted by Crippen LogP contribution is 2.27. The maximum atomic E-state index is 5.64. The lowest BCUT2D eigenvalue weighted by Crippen LogP contribution is -2.29. The number of aromatic nitrogens is 1. The Labute approximate surface area is 91.3 Å². The smallest absolute Gasteiger partial charge is 0.123 e. The summed E-state index contributed by atoms with van der Waals surface area (Å²) in [5.41, 5.74) is 6.90. The van der Waals surface area contributed by atoms with Crippen LogP contribution in [0.4, 0.5) is 5.82 Å². The first-order chi connectivity index (χ1) is 7.24. The summed E-state index contributed by atoms with van der Waals surface area (Å²) in [5, 5.41) is 0. The Hall–Kier alpha value is -1.09. The molecule has 1 fully saturated rings. The van der Waals surface area contributed by atoms with Crippen LogP contribution < -0.4 is 5.73 Å². The minimum atomic E-state index is 0.615. The molecule has 82 valence electrons. The van der Waals surface area contributed by atoms with Crippen LogP contribution in [0.15, 0.2) is 18.3 Å². The van der Waals surface area contributed by atoms with E-state index in [1.54, 1.807) is 6.20 Å². The van der Waals surface area contributed by atoms with Crippen molar-refractivity contribution in [3.63, 3.8) is 0 Å². The molecule has 1 aromatic heterocycles. The van der Waals surface area contributed by atoms with E-state index in [2.05, 4.69) is 16.9 Å². The van der Waals surface area contributed by atoms with Gasteiger partial charge in [-0.05, 0) is 43.5 Å². The van der Waals surface area contributed by atoms with E-state index in [9.17, 15) is 0 Å². The topological polar surface area (TPSA) is 42.2 Å². The molecule has 0 bridgehead atoms. The van der Waals surface area contributed by atoms with E-state index in [0.717, 1.165) is 12.5 Å². The van der Waals surface area contributed by atoms with Gasteiger partial charge in [-0.15, -0.1) is 0 Å². The van der Waals surface area contributed by atoms with Gasteiger partial charge in [-0.25, -0.2) is 4.98 Å². The van der Waals surface area contributed by atoms with E-state index in [1.807, 2.05) is 12.1 Å². The van der Waals surface area contributed by atoms with Gasteiger partial charge in [0.05, 0.1) is 0 Å². The summed E-state index contributed by atoms with van der Waals surface area (Å²) in [7, 11) is 2.18. The zero-order valence-electron chi connectivity index (χ0n) is 9.32. The normalized spacial score (nSPS) is 16.7. The second kappa shape index (κ2) is 4.62. The van der Waals surface area contributed by atoms with E-state index in [-0.39, 0.29) is 0 Å². The highest BCUT2D eigenvalue weighted by atomic mass is 15.1. The molecule has 0 radical (unpaired) electrons. The molecule has 3 nitrogen and oxygen atoms in total. The first-order valence-electron chi connectivity index (χ1n) is 5.63.